The summed E-state index contributed by atoms with van der Waals surface area (Å²) in [4.78, 5) is 21.4. The van der Waals surface area contributed by atoms with Gasteiger partial charge >= 0.3 is 0 Å². The molecule has 1 aliphatic rings. The van der Waals surface area contributed by atoms with Gasteiger partial charge in [0.15, 0.2) is 17.3 Å². The summed E-state index contributed by atoms with van der Waals surface area (Å²) >= 11 is 0. The number of carbonyl (C=O) groups is 1. The van der Waals surface area contributed by atoms with Gasteiger partial charge in [-0.2, -0.15) is 0 Å². The molecular formula is C29H32N6O5. The van der Waals surface area contributed by atoms with E-state index in [9.17, 15) is 4.79 Å². The molecule has 2 aromatic carbocycles. The highest BCUT2D eigenvalue weighted by atomic mass is 16.5. The van der Waals surface area contributed by atoms with E-state index in [0.29, 0.717) is 55.0 Å². The molecule has 0 fully saturated rings. The maximum Gasteiger partial charge on any atom is 0.180 e. The van der Waals surface area contributed by atoms with Gasteiger partial charge in [-0.3, -0.25) is 4.79 Å². The number of hydrogen-bond acceptors (Lipinski definition) is 10. The minimum absolute atomic E-state index is 0.0952. The Morgan fingerprint density at radius 3 is 2.55 bits per heavy atom. The second kappa shape index (κ2) is 13.1. The molecule has 0 bridgehead atoms. The van der Waals surface area contributed by atoms with Crippen molar-refractivity contribution in [3.8, 4) is 22.8 Å². The van der Waals surface area contributed by atoms with Crippen LogP contribution in [0.3, 0.4) is 0 Å². The number of nitrogens with zero attached hydrogens (tertiary/aromatic N) is 5. The van der Waals surface area contributed by atoms with Crippen LogP contribution >= 0.6 is 0 Å². The maximum absolute atomic E-state index is 12.5. The largest absolute Gasteiger partial charge is 0.487 e. The van der Waals surface area contributed by atoms with Crippen LogP contribution in [0.15, 0.2) is 60.6 Å². The van der Waals surface area contributed by atoms with Crippen LogP contribution in [0, 0.1) is 0 Å². The fraction of sp³-hybridized carbons (Fsp3) is 0.345. The third-order valence-electron chi connectivity index (χ3n) is 6.46. The summed E-state index contributed by atoms with van der Waals surface area (Å²) in [6.45, 7) is 1.82. The number of ether oxygens (including phenoxy) is 4. The second-order valence-electron chi connectivity index (χ2n) is 9.27. The molecule has 0 saturated carbocycles. The molecule has 2 aromatic heterocycles. The number of ketones is 1. The van der Waals surface area contributed by atoms with E-state index in [2.05, 4.69) is 25.6 Å². The lowest BCUT2D eigenvalue weighted by atomic mass is 10.1. The molecule has 0 spiro atoms. The summed E-state index contributed by atoms with van der Waals surface area (Å²) in [6.07, 6.45) is 8.17. The molecule has 0 unspecified atom stereocenters. The normalized spacial score (nSPS) is 12.9. The number of fused-ring (bicyclic) bond motifs is 1. The monoisotopic (exact) mass is 544 g/mol. The topological polar surface area (TPSA) is 123 Å². The summed E-state index contributed by atoms with van der Waals surface area (Å²) in [6, 6.07) is 11.5. The van der Waals surface area contributed by atoms with Gasteiger partial charge in [0.2, 0.25) is 0 Å². The number of nitrogens with one attached hydrogen (secondary N) is 1. The first-order chi connectivity index (χ1) is 19.6. The van der Waals surface area contributed by atoms with Gasteiger partial charge in [0.25, 0.3) is 0 Å². The number of Topliss-reactive ketones (excluding diaryl/α,β-unsaturated/α-hetero) is 1. The first kappa shape index (κ1) is 27.2. The van der Waals surface area contributed by atoms with Crippen LogP contribution < -0.4 is 14.8 Å². The molecule has 0 radical (unpaired) electrons. The zero-order chi connectivity index (χ0) is 27.7. The van der Waals surface area contributed by atoms with Crippen LogP contribution in [0.4, 0.5) is 11.5 Å². The zero-order valence-electron chi connectivity index (χ0n) is 22.6. The van der Waals surface area contributed by atoms with E-state index in [0.717, 1.165) is 41.5 Å². The third-order valence-corrected chi connectivity index (χ3v) is 6.46. The Morgan fingerprint density at radius 1 is 1.00 bits per heavy atom. The highest BCUT2D eigenvalue weighted by molar-refractivity contribution is 5.95. The highest BCUT2D eigenvalue weighted by Crippen LogP contribution is 2.35. The van der Waals surface area contributed by atoms with Gasteiger partial charge in [0, 0.05) is 36.9 Å². The fourth-order valence-electron chi connectivity index (χ4n) is 4.43. The lowest BCUT2D eigenvalue weighted by Gasteiger charge is -2.15. The zero-order valence-corrected chi connectivity index (χ0v) is 22.6. The Labute approximate surface area is 232 Å². The molecule has 11 nitrogen and oxygen atoms in total. The summed E-state index contributed by atoms with van der Waals surface area (Å²) < 4.78 is 23.7. The van der Waals surface area contributed by atoms with Crippen LogP contribution in [0.5, 0.6) is 11.5 Å². The Hall–Kier alpha value is -4.35. The Morgan fingerprint density at radius 2 is 1.80 bits per heavy atom. The van der Waals surface area contributed by atoms with Gasteiger partial charge in [-0.15, -0.1) is 5.10 Å². The Bertz CT molecular complexity index is 1500. The number of aromatic nitrogens is 5. The molecule has 0 aliphatic heterocycles. The van der Waals surface area contributed by atoms with Crippen LogP contribution in [-0.4, -0.2) is 71.4 Å². The van der Waals surface area contributed by atoms with Gasteiger partial charge in [-0.05, 0) is 43.0 Å². The van der Waals surface area contributed by atoms with E-state index >= 15 is 0 Å². The Balaban J connectivity index is 1.36. The molecule has 4 aromatic rings. The number of rotatable bonds is 14. The van der Waals surface area contributed by atoms with E-state index in [1.165, 1.54) is 6.33 Å². The van der Waals surface area contributed by atoms with E-state index in [1.54, 1.807) is 25.1 Å². The second-order valence-corrected chi connectivity index (χ2v) is 9.27. The molecule has 1 N–H and O–H groups in total. The number of methoxy groups -OCH3 is 2. The molecule has 5 rings (SSSR count). The average molecular weight is 545 g/mol. The van der Waals surface area contributed by atoms with Crippen molar-refractivity contribution in [2.75, 3.05) is 46.0 Å². The number of anilines is 2. The molecule has 11 heteroatoms. The molecule has 2 heterocycles. The summed E-state index contributed by atoms with van der Waals surface area (Å²) in [5.41, 5.74) is 3.93. The SMILES string of the molecule is COCCOc1cc2ncnc(Nc3cccc(-c4cn(CC(=O)C5=CCCC5)nn4)c3)c2cc1OCCOC. The van der Waals surface area contributed by atoms with E-state index in [-0.39, 0.29) is 12.3 Å². The van der Waals surface area contributed by atoms with Crippen molar-refractivity contribution in [3.63, 3.8) is 0 Å². The van der Waals surface area contributed by atoms with Crippen LogP contribution in [0.25, 0.3) is 22.2 Å². The van der Waals surface area contributed by atoms with Crippen molar-refractivity contribution in [2.24, 2.45) is 0 Å². The van der Waals surface area contributed by atoms with E-state index < -0.39 is 0 Å². The molecule has 0 atom stereocenters. The average Bonchev–Trinajstić information content (AvgIpc) is 3.67. The van der Waals surface area contributed by atoms with Crippen molar-refractivity contribution in [3.05, 3.63) is 60.6 Å². The van der Waals surface area contributed by atoms with Crippen LogP contribution in [-0.2, 0) is 20.8 Å². The number of benzene rings is 2. The third kappa shape index (κ3) is 6.61. The van der Waals surface area contributed by atoms with Crippen molar-refractivity contribution in [1.82, 2.24) is 25.0 Å². The van der Waals surface area contributed by atoms with Gasteiger partial charge in [-0.1, -0.05) is 23.4 Å². The van der Waals surface area contributed by atoms with E-state index in [4.69, 9.17) is 18.9 Å². The predicted molar refractivity (Wildman–Crippen MR) is 150 cm³/mol. The standard InChI is InChI=1S/C29H32N6O5/c1-37-10-12-39-27-15-23-24(16-28(27)40-13-11-38-2)30-19-31-29(23)32-22-9-5-8-21(14-22)25-17-35(34-33-25)18-26(36)20-6-3-4-7-20/h5-6,8-9,14-17,19H,3-4,7,10-13,18H2,1-2H3,(H,30,31,32). The van der Waals surface area contributed by atoms with Crippen molar-refractivity contribution >= 4 is 28.2 Å². The first-order valence-electron chi connectivity index (χ1n) is 13.2. The van der Waals surface area contributed by atoms with Gasteiger partial charge < -0.3 is 24.3 Å². The molecular weight excluding hydrogens is 512 g/mol. The molecule has 1 aliphatic carbocycles. The highest BCUT2D eigenvalue weighted by Gasteiger charge is 2.16. The number of hydrogen-bond donors (Lipinski definition) is 1. The lowest BCUT2D eigenvalue weighted by Crippen LogP contribution is -2.12. The smallest absolute Gasteiger partial charge is 0.180 e. The molecule has 208 valence electrons. The van der Waals surface area contributed by atoms with Gasteiger partial charge in [-0.25, -0.2) is 14.6 Å². The van der Waals surface area contributed by atoms with Crippen molar-refractivity contribution < 1.29 is 23.7 Å². The van der Waals surface area contributed by atoms with Crippen LogP contribution in [0.2, 0.25) is 0 Å². The number of carbonyl (C=O) groups excluding carboxylic acids is 1. The Kier molecular flexibility index (Phi) is 8.94. The maximum atomic E-state index is 12.5. The predicted octanol–water partition coefficient (Wildman–Crippen LogP) is 4.36. The summed E-state index contributed by atoms with van der Waals surface area (Å²) in [7, 11) is 3.25. The molecule has 40 heavy (non-hydrogen) atoms. The van der Waals surface area contributed by atoms with Crippen molar-refractivity contribution in [2.45, 2.75) is 25.8 Å². The first-order valence-corrected chi connectivity index (χ1v) is 13.2. The molecule has 0 saturated heterocycles. The van der Waals surface area contributed by atoms with Gasteiger partial charge in [0.1, 0.15) is 37.6 Å². The number of allylic oxidation sites excluding steroid dienone is 2. The summed E-state index contributed by atoms with van der Waals surface area (Å²) in [5.74, 6) is 1.84. The lowest BCUT2D eigenvalue weighted by molar-refractivity contribution is -0.116. The van der Waals surface area contributed by atoms with Crippen LogP contribution in [0.1, 0.15) is 19.3 Å². The fourth-order valence-corrected chi connectivity index (χ4v) is 4.43. The quantitative estimate of drug-likeness (QED) is 0.229. The van der Waals surface area contributed by atoms with E-state index in [1.807, 2.05) is 42.5 Å². The van der Waals surface area contributed by atoms with Gasteiger partial charge in [0.05, 0.1) is 24.9 Å². The summed E-state index contributed by atoms with van der Waals surface area (Å²) in [5, 5.41) is 12.6. The molecule has 0 amide bonds. The van der Waals surface area contributed by atoms with Crippen molar-refractivity contribution in [1.29, 1.82) is 0 Å². The minimum Gasteiger partial charge on any atom is -0.487 e. The minimum atomic E-state index is 0.0952.